The Morgan fingerprint density at radius 3 is 1.59 bits per heavy atom. The zero-order chi connectivity index (χ0) is 45.5. The van der Waals surface area contributed by atoms with E-state index in [2.05, 4.69) is 21.3 Å². The molecule has 16 heteroatoms. The average Bonchev–Trinajstić information content (AvgIpc) is 3.32. The molecule has 5 aromatic carbocycles. The van der Waals surface area contributed by atoms with Crippen LogP contribution >= 0.6 is 11.8 Å². The first kappa shape index (κ1) is 47.9. The van der Waals surface area contributed by atoms with E-state index in [1.165, 1.54) is 0 Å². The van der Waals surface area contributed by atoms with Gasteiger partial charge in [0.15, 0.2) is 0 Å². The highest BCUT2D eigenvalue weighted by Gasteiger charge is 2.29. The van der Waals surface area contributed by atoms with E-state index in [4.69, 9.17) is 19.9 Å². The van der Waals surface area contributed by atoms with E-state index in [-0.39, 0.29) is 37.6 Å². The topological polar surface area (TPSA) is 224 Å². The van der Waals surface area contributed by atoms with Gasteiger partial charge in [-0.3, -0.25) is 19.2 Å². The zero-order valence-corrected chi connectivity index (χ0v) is 35.7. The fraction of sp³-hybridized carbons (Fsp3) is 0.250. The summed E-state index contributed by atoms with van der Waals surface area (Å²) in [5.41, 5.74) is 9.94. The Morgan fingerprint density at radius 2 is 1.03 bits per heavy atom. The molecule has 0 saturated carbocycles. The first-order valence-corrected chi connectivity index (χ1v) is 21.6. The number of ether oxygens (including phenoxy) is 3. The molecule has 4 amide bonds. The summed E-state index contributed by atoms with van der Waals surface area (Å²) in [4.78, 5) is 78.6. The summed E-state index contributed by atoms with van der Waals surface area (Å²) in [5, 5.41) is 20.0. The van der Waals surface area contributed by atoms with Gasteiger partial charge in [0.1, 0.15) is 49.7 Å². The lowest BCUT2D eigenvalue weighted by molar-refractivity contribution is -0.146. The Morgan fingerprint density at radius 1 is 0.531 bits per heavy atom. The van der Waals surface area contributed by atoms with E-state index >= 15 is 0 Å². The van der Waals surface area contributed by atoms with Crippen LogP contribution in [0.25, 0.3) is 0 Å². The minimum Gasteiger partial charge on any atom is -0.489 e. The van der Waals surface area contributed by atoms with E-state index in [1.54, 1.807) is 91.0 Å². The van der Waals surface area contributed by atoms with Crippen LogP contribution in [0.1, 0.15) is 27.8 Å². The zero-order valence-electron chi connectivity index (χ0n) is 34.9. The molecular formula is C48H51N5O10S. The summed E-state index contributed by atoms with van der Waals surface area (Å²) < 4.78 is 16.7. The molecule has 0 heterocycles. The number of esters is 1. The smallest absolute Gasteiger partial charge is 0.408 e. The second kappa shape index (κ2) is 25.7. The number of nitrogens with two attached hydrogens (primary N) is 1. The molecule has 0 aliphatic carbocycles. The maximum atomic E-state index is 14.1. The first-order chi connectivity index (χ1) is 31.0. The number of amides is 4. The molecule has 15 nitrogen and oxygen atoms in total. The Bertz CT molecular complexity index is 2260. The van der Waals surface area contributed by atoms with E-state index in [0.29, 0.717) is 23.5 Å². The van der Waals surface area contributed by atoms with Crippen molar-refractivity contribution in [3.8, 4) is 5.75 Å². The van der Waals surface area contributed by atoms with E-state index in [9.17, 15) is 33.9 Å². The molecule has 0 fully saturated rings. The lowest BCUT2D eigenvalue weighted by atomic mass is 10.0. The van der Waals surface area contributed by atoms with Gasteiger partial charge in [0.2, 0.25) is 17.7 Å². The van der Waals surface area contributed by atoms with Crippen LogP contribution in [0.4, 0.5) is 4.79 Å². The number of carbonyl (C=O) groups is 6. The monoisotopic (exact) mass is 889 g/mol. The molecule has 4 atom stereocenters. The third-order valence-corrected chi connectivity index (χ3v) is 10.7. The molecule has 0 spiro atoms. The number of carboxylic acids is 1. The summed E-state index contributed by atoms with van der Waals surface area (Å²) in [6, 6.07) is 38.4. The van der Waals surface area contributed by atoms with Crippen molar-refractivity contribution >= 4 is 47.5 Å². The molecule has 7 N–H and O–H groups in total. The van der Waals surface area contributed by atoms with Gasteiger partial charge in [0, 0.05) is 24.3 Å². The van der Waals surface area contributed by atoms with E-state index < -0.39 is 66.5 Å². The highest BCUT2D eigenvalue weighted by molar-refractivity contribution is 7.99. The number of carboxylic acid groups (broad SMARTS) is 1. The molecule has 334 valence electrons. The van der Waals surface area contributed by atoms with Crippen molar-refractivity contribution < 1.29 is 48.1 Å². The van der Waals surface area contributed by atoms with Crippen LogP contribution in [0.2, 0.25) is 0 Å². The van der Waals surface area contributed by atoms with E-state index in [0.717, 1.165) is 28.5 Å². The van der Waals surface area contributed by atoms with Crippen LogP contribution in [0, 0.1) is 0 Å². The lowest BCUT2D eigenvalue weighted by Crippen LogP contribution is -2.56. The Balaban J connectivity index is 1.27. The first-order valence-electron chi connectivity index (χ1n) is 20.4. The standard InChI is InChI=1S/C48H51N5O10S/c49-39(47(59)62-29-36-17-9-3-10-18-36)31-64-32-42(44(55)50-27-43(54)51-41(46(57)58)26-33-13-5-1-6-14-33)52-45(56)40(53-48(60)63-30-37-19-11-4-12-20-37)25-34-21-23-38(24-22-34)61-28-35-15-7-2-8-16-35/h1-24,39-42H,25-32,49H2,(H,50,55)(H,51,54)(H,52,56)(H,53,60)(H,57,58)/t39-,40+,41+,42-/m1/s1. The summed E-state index contributed by atoms with van der Waals surface area (Å²) in [6.07, 6.45) is -0.905. The Kier molecular flexibility index (Phi) is 19.2. The molecule has 0 saturated heterocycles. The maximum Gasteiger partial charge on any atom is 0.408 e. The fourth-order valence-electron chi connectivity index (χ4n) is 6.07. The Labute approximate surface area is 375 Å². The predicted octanol–water partition coefficient (Wildman–Crippen LogP) is 4.32. The second-order valence-corrected chi connectivity index (χ2v) is 15.6. The van der Waals surface area contributed by atoms with Gasteiger partial charge in [0.05, 0.1) is 6.54 Å². The van der Waals surface area contributed by atoms with Gasteiger partial charge in [-0.1, -0.05) is 133 Å². The number of hydrogen-bond donors (Lipinski definition) is 6. The second-order valence-electron chi connectivity index (χ2n) is 14.5. The van der Waals surface area contributed by atoms with Crippen LogP contribution < -0.4 is 31.7 Å². The summed E-state index contributed by atoms with van der Waals surface area (Å²) in [7, 11) is 0. The van der Waals surface area contributed by atoms with Gasteiger partial charge in [0.25, 0.3) is 0 Å². The molecule has 0 radical (unpaired) electrons. The van der Waals surface area contributed by atoms with Crippen LogP contribution in [-0.4, -0.2) is 83.1 Å². The van der Waals surface area contributed by atoms with Crippen molar-refractivity contribution in [2.45, 2.75) is 56.8 Å². The van der Waals surface area contributed by atoms with Crippen molar-refractivity contribution in [3.63, 3.8) is 0 Å². The summed E-state index contributed by atoms with van der Waals surface area (Å²) in [5.74, 6) is -3.81. The third-order valence-electron chi connectivity index (χ3n) is 9.51. The maximum absolute atomic E-state index is 14.1. The van der Waals surface area contributed by atoms with Crippen LogP contribution in [-0.2, 0) is 66.1 Å². The number of hydrogen-bond acceptors (Lipinski definition) is 11. The minimum atomic E-state index is -1.32. The van der Waals surface area contributed by atoms with Gasteiger partial charge in [-0.15, -0.1) is 0 Å². The van der Waals surface area contributed by atoms with Gasteiger partial charge in [-0.2, -0.15) is 11.8 Å². The third kappa shape index (κ3) is 16.9. The van der Waals surface area contributed by atoms with Crippen LogP contribution in [0.3, 0.4) is 0 Å². The van der Waals surface area contributed by atoms with Gasteiger partial charge >= 0.3 is 18.0 Å². The number of rotatable bonds is 24. The van der Waals surface area contributed by atoms with Crippen molar-refractivity contribution in [3.05, 3.63) is 173 Å². The molecular weight excluding hydrogens is 839 g/mol. The predicted molar refractivity (Wildman–Crippen MR) is 241 cm³/mol. The summed E-state index contributed by atoms with van der Waals surface area (Å²) in [6.45, 7) is -0.329. The van der Waals surface area contributed by atoms with E-state index in [1.807, 2.05) is 54.6 Å². The summed E-state index contributed by atoms with van der Waals surface area (Å²) >= 11 is 1.07. The van der Waals surface area contributed by atoms with Gasteiger partial charge in [-0.05, 0) is 39.9 Å². The molecule has 0 aromatic heterocycles. The highest BCUT2D eigenvalue weighted by Crippen LogP contribution is 2.17. The highest BCUT2D eigenvalue weighted by atomic mass is 32.2. The normalized spacial score (nSPS) is 12.6. The lowest BCUT2D eigenvalue weighted by Gasteiger charge is -2.23. The molecule has 0 unspecified atom stereocenters. The Hall–Kier alpha value is -7.17. The quantitative estimate of drug-likeness (QED) is 0.0477. The molecule has 0 aliphatic heterocycles. The number of carbonyl (C=O) groups excluding carboxylic acids is 5. The van der Waals surface area contributed by atoms with Gasteiger partial charge < -0.3 is 46.3 Å². The average molecular weight is 890 g/mol. The molecule has 64 heavy (non-hydrogen) atoms. The number of alkyl carbamates (subject to hydrolysis) is 1. The molecule has 5 aromatic rings. The van der Waals surface area contributed by atoms with Crippen molar-refractivity contribution in [2.75, 3.05) is 18.1 Å². The molecule has 5 rings (SSSR count). The van der Waals surface area contributed by atoms with Crippen LogP contribution in [0.5, 0.6) is 5.75 Å². The number of aliphatic carboxylic acids is 1. The van der Waals surface area contributed by atoms with Crippen molar-refractivity contribution in [1.29, 1.82) is 0 Å². The van der Waals surface area contributed by atoms with Crippen molar-refractivity contribution in [1.82, 2.24) is 21.3 Å². The van der Waals surface area contributed by atoms with Crippen LogP contribution in [0.15, 0.2) is 146 Å². The number of nitrogens with one attached hydrogen (secondary N) is 4. The minimum absolute atomic E-state index is 0.000278. The van der Waals surface area contributed by atoms with Gasteiger partial charge in [-0.25, -0.2) is 9.59 Å². The van der Waals surface area contributed by atoms with Crippen molar-refractivity contribution in [2.24, 2.45) is 5.73 Å². The molecule has 0 aliphatic rings. The largest absolute Gasteiger partial charge is 0.489 e. The number of thioether (sulfide) groups is 1. The number of benzene rings is 5. The SMILES string of the molecule is N[C@H](CSC[C@@H](NC(=O)[C@H](Cc1ccc(OCc2ccccc2)cc1)NC(=O)OCc1ccccc1)C(=O)NCC(=O)N[C@@H](Cc1ccccc1)C(=O)O)C(=O)OCc1ccccc1. The fourth-order valence-corrected chi connectivity index (χ4v) is 7.07. The molecule has 0 bridgehead atoms.